The topological polar surface area (TPSA) is 69.5 Å². The van der Waals surface area contributed by atoms with Crippen molar-refractivity contribution in [2.75, 3.05) is 11.4 Å². The zero-order valence-corrected chi connectivity index (χ0v) is 15.0. The number of rotatable bonds is 2. The third kappa shape index (κ3) is 2.92. The van der Waals surface area contributed by atoms with E-state index in [0.717, 1.165) is 30.5 Å². The van der Waals surface area contributed by atoms with Gasteiger partial charge < -0.3 is 15.1 Å². The molecule has 0 unspecified atom stereocenters. The number of aliphatic hydroxyl groups is 1. The Morgan fingerprint density at radius 2 is 1.96 bits per heavy atom. The van der Waals surface area contributed by atoms with Crippen molar-refractivity contribution in [1.29, 1.82) is 0 Å². The fraction of sp³-hybridized carbons (Fsp3) is 0.474. The molecule has 0 radical (unpaired) electrons. The van der Waals surface area contributed by atoms with Crippen molar-refractivity contribution < 1.29 is 23.4 Å². The highest BCUT2D eigenvalue weighted by atomic mass is 19.4. The summed E-state index contributed by atoms with van der Waals surface area (Å²) in [6.45, 7) is 4.04. The molecule has 8 heteroatoms. The Morgan fingerprint density at radius 3 is 2.52 bits per heavy atom. The van der Waals surface area contributed by atoms with Crippen LogP contribution in [0.4, 0.5) is 19.0 Å². The van der Waals surface area contributed by atoms with E-state index in [9.17, 15) is 23.4 Å². The highest BCUT2D eigenvalue weighted by molar-refractivity contribution is 5.73. The third-order valence-corrected chi connectivity index (χ3v) is 5.66. The number of aromatic nitrogens is 2. The van der Waals surface area contributed by atoms with Crippen molar-refractivity contribution in [2.24, 2.45) is 0 Å². The maximum Gasteiger partial charge on any atom is 0.416 e. The Bertz CT molecular complexity index is 889. The molecule has 2 aromatic rings. The standard InChI is InChI=1S/C19H20F3N3O2/c1-10-7-12(19(20,21)22)9-14(26)16(10)13-8-11-4-6-25(17(11)24-23-13)15-3-5-18(15,2)27/h7-9,15,26-27H,3-6H2,1-2H3/t15-,18-/m1/s1. The van der Waals surface area contributed by atoms with Gasteiger partial charge in [-0.25, -0.2) is 0 Å². The lowest BCUT2D eigenvalue weighted by molar-refractivity contribution is -0.137. The van der Waals surface area contributed by atoms with E-state index < -0.39 is 23.1 Å². The van der Waals surface area contributed by atoms with Crippen LogP contribution >= 0.6 is 0 Å². The molecule has 5 nitrogen and oxygen atoms in total. The number of hydrogen-bond donors (Lipinski definition) is 2. The highest BCUT2D eigenvalue weighted by Crippen LogP contribution is 2.43. The molecule has 1 fully saturated rings. The summed E-state index contributed by atoms with van der Waals surface area (Å²) in [4.78, 5) is 2.05. The number of phenolic OH excluding ortho intramolecular Hbond substituents is 1. The molecule has 1 aliphatic heterocycles. The quantitative estimate of drug-likeness (QED) is 0.837. The maximum absolute atomic E-state index is 12.9. The normalized spacial score (nSPS) is 24.7. The fourth-order valence-corrected chi connectivity index (χ4v) is 4.07. The number of aromatic hydroxyl groups is 1. The zero-order chi connectivity index (χ0) is 19.6. The summed E-state index contributed by atoms with van der Waals surface area (Å²) in [7, 11) is 0. The van der Waals surface area contributed by atoms with Crippen LogP contribution in [0, 0.1) is 6.92 Å². The van der Waals surface area contributed by atoms with Crippen LogP contribution in [0.1, 0.15) is 36.5 Å². The van der Waals surface area contributed by atoms with E-state index in [0.29, 0.717) is 24.5 Å². The molecule has 1 saturated carbocycles. The minimum absolute atomic E-state index is 0.0001000. The molecule has 0 bridgehead atoms. The number of benzene rings is 1. The first-order valence-electron chi connectivity index (χ1n) is 8.85. The smallest absolute Gasteiger partial charge is 0.416 e. The van der Waals surface area contributed by atoms with E-state index in [1.807, 2.05) is 6.92 Å². The van der Waals surface area contributed by atoms with Crippen LogP contribution in [-0.4, -0.2) is 38.6 Å². The summed E-state index contributed by atoms with van der Waals surface area (Å²) in [6.07, 6.45) is -2.18. The van der Waals surface area contributed by atoms with Crippen LogP contribution in [0.3, 0.4) is 0 Å². The predicted molar refractivity (Wildman–Crippen MR) is 93.6 cm³/mol. The average Bonchev–Trinajstić information content (AvgIpc) is 2.95. The van der Waals surface area contributed by atoms with Crippen LogP contribution in [0.15, 0.2) is 18.2 Å². The van der Waals surface area contributed by atoms with E-state index >= 15 is 0 Å². The van der Waals surface area contributed by atoms with Crippen LogP contribution in [0.2, 0.25) is 0 Å². The Labute approximate surface area is 154 Å². The van der Waals surface area contributed by atoms with E-state index in [1.165, 1.54) is 6.92 Å². The molecule has 2 aliphatic rings. The van der Waals surface area contributed by atoms with Crippen LogP contribution in [-0.2, 0) is 12.6 Å². The van der Waals surface area contributed by atoms with Gasteiger partial charge >= 0.3 is 6.18 Å². The summed E-state index contributed by atoms with van der Waals surface area (Å²) >= 11 is 0. The number of alkyl halides is 3. The Kier molecular flexibility index (Phi) is 3.89. The summed E-state index contributed by atoms with van der Waals surface area (Å²) in [6, 6.07) is 3.49. The van der Waals surface area contributed by atoms with Gasteiger partial charge in [-0.3, -0.25) is 0 Å². The molecule has 27 heavy (non-hydrogen) atoms. The van der Waals surface area contributed by atoms with Gasteiger partial charge in [0.15, 0.2) is 5.82 Å². The molecule has 2 atom stereocenters. The van der Waals surface area contributed by atoms with Crippen molar-refractivity contribution in [2.45, 2.75) is 50.9 Å². The monoisotopic (exact) mass is 379 g/mol. The SMILES string of the molecule is Cc1cc(C(F)(F)F)cc(O)c1-c1cc2c(nn1)N([C@@H]1CC[C@@]1(C)O)CC2. The second kappa shape index (κ2) is 5.82. The fourth-order valence-electron chi connectivity index (χ4n) is 4.07. The number of fused-ring (bicyclic) bond motifs is 1. The summed E-state index contributed by atoms with van der Waals surface area (Å²) in [5.74, 6) is 0.237. The van der Waals surface area contributed by atoms with Crippen molar-refractivity contribution in [3.8, 4) is 17.0 Å². The molecule has 2 N–H and O–H groups in total. The van der Waals surface area contributed by atoms with Gasteiger partial charge in [0, 0.05) is 17.7 Å². The Hall–Kier alpha value is -2.35. The molecular formula is C19H20F3N3O2. The molecular weight excluding hydrogens is 359 g/mol. The average molecular weight is 379 g/mol. The number of aryl methyl sites for hydroxylation is 1. The third-order valence-electron chi connectivity index (χ3n) is 5.66. The van der Waals surface area contributed by atoms with Gasteiger partial charge in [0.25, 0.3) is 0 Å². The Morgan fingerprint density at radius 1 is 1.22 bits per heavy atom. The van der Waals surface area contributed by atoms with Gasteiger partial charge in [-0.2, -0.15) is 13.2 Å². The van der Waals surface area contributed by atoms with E-state index in [1.54, 1.807) is 6.07 Å². The van der Waals surface area contributed by atoms with Crippen molar-refractivity contribution in [3.05, 3.63) is 34.9 Å². The largest absolute Gasteiger partial charge is 0.507 e. The number of hydrogen-bond acceptors (Lipinski definition) is 5. The van der Waals surface area contributed by atoms with Gasteiger partial charge in [0.1, 0.15) is 5.75 Å². The van der Waals surface area contributed by atoms with Gasteiger partial charge in [-0.1, -0.05) is 0 Å². The maximum atomic E-state index is 12.9. The number of anilines is 1. The second-order valence-electron chi connectivity index (χ2n) is 7.62. The molecule has 0 spiro atoms. The summed E-state index contributed by atoms with van der Waals surface area (Å²) in [5.41, 5.74) is 0.167. The van der Waals surface area contributed by atoms with Gasteiger partial charge in [-0.05, 0) is 56.9 Å². The van der Waals surface area contributed by atoms with E-state index in [4.69, 9.17) is 0 Å². The zero-order valence-electron chi connectivity index (χ0n) is 15.0. The van der Waals surface area contributed by atoms with Crippen LogP contribution < -0.4 is 4.90 Å². The molecule has 0 amide bonds. The molecule has 0 saturated heterocycles. The van der Waals surface area contributed by atoms with Gasteiger partial charge in [-0.15, -0.1) is 10.2 Å². The number of nitrogens with zero attached hydrogens (tertiary/aromatic N) is 3. The van der Waals surface area contributed by atoms with E-state index in [-0.39, 0.29) is 17.2 Å². The van der Waals surface area contributed by atoms with Crippen molar-refractivity contribution in [1.82, 2.24) is 10.2 Å². The lowest BCUT2D eigenvalue weighted by Gasteiger charge is -2.48. The van der Waals surface area contributed by atoms with Crippen LogP contribution in [0.25, 0.3) is 11.3 Å². The molecule has 4 rings (SSSR count). The highest BCUT2D eigenvalue weighted by Gasteiger charge is 2.46. The molecule has 144 valence electrons. The number of halogens is 3. The summed E-state index contributed by atoms with van der Waals surface area (Å²) in [5, 5.41) is 29.0. The first-order valence-corrected chi connectivity index (χ1v) is 8.85. The first-order chi connectivity index (χ1) is 12.6. The van der Waals surface area contributed by atoms with Gasteiger partial charge in [0.05, 0.1) is 22.9 Å². The van der Waals surface area contributed by atoms with E-state index in [2.05, 4.69) is 15.1 Å². The van der Waals surface area contributed by atoms with Crippen molar-refractivity contribution in [3.63, 3.8) is 0 Å². The second-order valence-corrected chi connectivity index (χ2v) is 7.62. The molecule has 1 aromatic carbocycles. The van der Waals surface area contributed by atoms with Gasteiger partial charge in [0.2, 0.25) is 0 Å². The lowest BCUT2D eigenvalue weighted by Crippen LogP contribution is -2.58. The first kappa shape index (κ1) is 18.0. The Balaban J connectivity index is 1.70. The minimum Gasteiger partial charge on any atom is -0.507 e. The molecule has 2 heterocycles. The van der Waals surface area contributed by atoms with Crippen LogP contribution in [0.5, 0.6) is 5.75 Å². The lowest BCUT2D eigenvalue weighted by atomic mass is 9.75. The molecule has 1 aliphatic carbocycles. The molecule has 1 aromatic heterocycles. The predicted octanol–water partition coefficient (Wildman–Crippen LogP) is 3.45. The summed E-state index contributed by atoms with van der Waals surface area (Å²) < 4.78 is 38.8. The minimum atomic E-state index is -4.52. The number of phenols is 1. The van der Waals surface area contributed by atoms with Crippen molar-refractivity contribution >= 4 is 5.82 Å².